The summed E-state index contributed by atoms with van der Waals surface area (Å²) in [4.78, 5) is 10.8. The van der Waals surface area contributed by atoms with E-state index >= 15 is 0 Å². The zero-order chi connectivity index (χ0) is 21.5. The van der Waals surface area contributed by atoms with E-state index in [9.17, 15) is 8.42 Å². The molecule has 4 atom stereocenters. The molecule has 1 aromatic carbocycles. The number of carbonyl (C=O) groups is 1. The zero-order valence-electron chi connectivity index (χ0n) is 17.2. The van der Waals surface area contributed by atoms with Gasteiger partial charge >= 0.3 is 0 Å². The first kappa shape index (κ1) is 21.4. The molecule has 9 nitrogen and oxygen atoms in total. The summed E-state index contributed by atoms with van der Waals surface area (Å²) < 4.78 is 45.7. The first-order valence-electron chi connectivity index (χ1n) is 10.1. The van der Waals surface area contributed by atoms with E-state index in [4.69, 9.17) is 24.1 Å². The van der Waals surface area contributed by atoms with Crippen LogP contribution in [0.2, 0.25) is 0 Å². The van der Waals surface area contributed by atoms with Crippen molar-refractivity contribution in [3.05, 3.63) is 18.2 Å². The Bertz CT molecular complexity index is 906. The number of benzene rings is 1. The van der Waals surface area contributed by atoms with Gasteiger partial charge in [0, 0.05) is 37.5 Å². The highest BCUT2D eigenvalue weighted by Gasteiger charge is 2.64. The van der Waals surface area contributed by atoms with Crippen LogP contribution >= 0.6 is 0 Å². The van der Waals surface area contributed by atoms with Crippen LogP contribution in [0, 0.1) is 11.8 Å². The Labute approximate surface area is 176 Å². The Kier molecular flexibility index (Phi) is 5.69. The van der Waals surface area contributed by atoms with Crippen LogP contribution in [-0.2, 0) is 19.6 Å². The fraction of sp³-hybridized carbons (Fsp3) is 0.650. The second-order valence-electron chi connectivity index (χ2n) is 8.50. The highest BCUT2D eigenvalue weighted by molar-refractivity contribution is 7.89. The maximum Gasteiger partial charge on any atom is 0.290 e. The molecule has 5 rings (SSSR count). The van der Waals surface area contributed by atoms with E-state index in [1.165, 1.54) is 0 Å². The lowest BCUT2D eigenvalue weighted by Crippen LogP contribution is -2.40. The predicted octanol–water partition coefficient (Wildman–Crippen LogP) is 0.888. The number of nitrogens with zero attached hydrogens (tertiary/aromatic N) is 2. The molecule has 0 aliphatic carbocycles. The summed E-state index contributed by atoms with van der Waals surface area (Å²) in [5.74, 6) is 1.77. The van der Waals surface area contributed by atoms with Gasteiger partial charge < -0.3 is 24.2 Å². The number of fused-ring (bicyclic) bond motifs is 2. The minimum absolute atomic E-state index is 0.250. The smallest absolute Gasteiger partial charge is 0.290 e. The topological polar surface area (TPSA) is 106 Å². The van der Waals surface area contributed by atoms with Gasteiger partial charge in [0.15, 0.2) is 11.5 Å². The monoisotopic (exact) mass is 440 g/mol. The van der Waals surface area contributed by atoms with Crippen molar-refractivity contribution in [3.8, 4) is 11.5 Å². The Morgan fingerprint density at radius 1 is 1.27 bits per heavy atom. The molecule has 1 spiro atoms. The zero-order valence-corrected chi connectivity index (χ0v) is 18.0. The maximum atomic E-state index is 13.3. The third-order valence-electron chi connectivity index (χ3n) is 6.48. The van der Waals surface area contributed by atoms with E-state index in [-0.39, 0.29) is 29.0 Å². The van der Waals surface area contributed by atoms with E-state index in [2.05, 4.69) is 19.0 Å². The van der Waals surface area contributed by atoms with Crippen LogP contribution in [0.5, 0.6) is 11.5 Å². The van der Waals surface area contributed by atoms with E-state index in [0.29, 0.717) is 43.7 Å². The standard InChI is InChI=1S/C19H26N2O5S.CH2O2/c1-20(2)10-14-15-11-21(12-19(15)6-5-16(14)26-19)27(22,23)13-3-4-17-18(9-13)25-8-7-24-17;2-1-3/h3-4,9,14-16H,5-8,10-12H2,1-2H3;1H,(H,2,3)/t14-,15+,16+,19+;/m1./s1. The summed E-state index contributed by atoms with van der Waals surface area (Å²) in [6.45, 7) is 2.60. The molecule has 166 valence electrons. The molecular weight excluding hydrogens is 412 g/mol. The number of hydrogen-bond acceptors (Lipinski definition) is 7. The van der Waals surface area contributed by atoms with Crippen LogP contribution in [0.15, 0.2) is 23.1 Å². The van der Waals surface area contributed by atoms with E-state index in [1.54, 1.807) is 22.5 Å². The molecule has 30 heavy (non-hydrogen) atoms. The molecule has 3 fully saturated rings. The minimum atomic E-state index is -3.59. The Morgan fingerprint density at radius 3 is 2.67 bits per heavy atom. The van der Waals surface area contributed by atoms with Crippen LogP contribution in [0.1, 0.15) is 12.8 Å². The number of ether oxygens (including phenoxy) is 3. The van der Waals surface area contributed by atoms with Gasteiger partial charge in [-0.2, -0.15) is 4.31 Å². The van der Waals surface area contributed by atoms with Crippen molar-refractivity contribution < 1.29 is 32.5 Å². The van der Waals surface area contributed by atoms with Gasteiger partial charge in [-0.15, -0.1) is 0 Å². The average Bonchev–Trinajstić information content (AvgIpc) is 3.38. The normalized spacial score (nSPS) is 31.9. The number of carboxylic acid groups (broad SMARTS) is 1. The quantitative estimate of drug-likeness (QED) is 0.688. The fourth-order valence-corrected chi connectivity index (χ4v) is 6.87. The van der Waals surface area contributed by atoms with Crippen LogP contribution in [0.25, 0.3) is 0 Å². The van der Waals surface area contributed by atoms with Gasteiger partial charge in [0.2, 0.25) is 10.0 Å². The molecular formula is C20H28N2O7S. The third kappa shape index (κ3) is 3.55. The van der Waals surface area contributed by atoms with Crippen molar-refractivity contribution in [1.82, 2.24) is 9.21 Å². The van der Waals surface area contributed by atoms with Crippen LogP contribution < -0.4 is 9.47 Å². The lowest BCUT2D eigenvalue weighted by Gasteiger charge is -2.31. The van der Waals surface area contributed by atoms with Gasteiger partial charge in [0.1, 0.15) is 13.2 Å². The average molecular weight is 441 g/mol. The molecule has 0 unspecified atom stereocenters. The molecule has 0 amide bonds. The molecule has 10 heteroatoms. The largest absolute Gasteiger partial charge is 0.486 e. The summed E-state index contributed by atoms with van der Waals surface area (Å²) in [6.07, 6.45) is 2.27. The summed E-state index contributed by atoms with van der Waals surface area (Å²) in [6, 6.07) is 4.89. The molecule has 1 aromatic rings. The number of sulfonamides is 1. The van der Waals surface area contributed by atoms with Crippen molar-refractivity contribution in [2.24, 2.45) is 11.8 Å². The van der Waals surface area contributed by atoms with Gasteiger partial charge in [-0.25, -0.2) is 8.42 Å². The predicted molar refractivity (Wildman–Crippen MR) is 107 cm³/mol. The van der Waals surface area contributed by atoms with Gasteiger partial charge in [-0.3, -0.25) is 4.79 Å². The Hall–Kier alpha value is -1.88. The van der Waals surface area contributed by atoms with Crippen LogP contribution in [0.4, 0.5) is 0 Å². The second-order valence-corrected chi connectivity index (χ2v) is 10.4. The fourth-order valence-electron chi connectivity index (χ4n) is 5.33. The molecule has 4 aliphatic rings. The van der Waals surface area contributed by atoms with Crippen LogP contribution in [-0.4, -0.2) is 87.9 Å². The molecule has 4 heterocycles. The summed E-state index contributed by atoms with van der Waals surface area (Å²) in [5.41, 5.74) is -0.299. The Balaban J connectivity index is 0.000000687. The van der Waals surface area contributed by atoms with Crippen LogP contribution in [0.3, 0.4) is 0 Å². The third-order valence-corrected chi connectivity index (χ3v) is 8.29. The SMILES string of the molecule is CN(C)C[C@H]1[C@@H]2CC[C@@]3(CN(S(=O)(=O)c4ccc5c(c4)OCCO5)C[C@@H]13)O2.O=CO. The highest BCUT2D eigenvalue weighted by atomic mass is 32.2. The van der Waals surface area contributed by atoms with Gasteiger partial charge in [0.05, 0.1) is 16.6 Å². The first-order valence-corrected chi connectivity index (χ1v) is 11.5. The van der Waals surface area contributed by atoms with E-state index < -0.39 is 10.0 Å². The van der Waals surface area contributed by atoms with E-state index in [1.807, 2.05) is 0 Å². The number of rotatable bonds is 4. The van der Waals surface area contributed by atoms with Crippen molar-refractivity contribution >= 4 is 16.5 Å². The molecule has 4 aliphatic heterocycles. The molecule has 1 N–H and O–H groups in total. The van der Waals surface area contributed by atoms with Crippen molar-refractivity contribution in [3.63, 3.8) is 0 Å². The summed E-state index contributed by atoms with van der Waals surface area (Å²) >= 11 is 0. The van der Waals surface area contributed by atoms with Gasteiger partial charge in [-0.1, -0.05) is 0 Å². The molecule has 2 bridgehead atoms. The summed E-state index contributed by atoms with van der Waals surface area (Å²) in [5, 5.41) is 6.89. The van der Waals surface area contributed by atoms with Crippen molar-refractivity contribution in [2.75, 3.05) is 46.9 Å². The number of hydrogen-bond donors (Lipinski definition) is 1. The second kappa shape index (κ2) is 7.99. The van der Waals surface area contributed by atoms with E-state index in [0.717, 1.165) is 19.4 Å². The lowest BCUT2D eigenvalue weighted by atomic mass is 9.73. The van der Waals surface area contributed by atoms with Gasteiger partial charge in [-0.05, 0) is 39.1 Å². The maximum absolute atomic E-state index is 13.3. The molecule has 0 aromatic heterocycles. The lowest BCUT2D eigenvalue weighted by molar-refractivity contribution is -0.122. The van der Waals surface area contributed by atoms with Gasteiger partial charge in [0.25, 0.3) is 6.47 Å². The summed E-state index contributed by atoms with van der Waals surface area (Å²) in [7, 11) is 0.542. The molecule has 3 saturated heterocycles. The highest BCUT2D eigenvalue weighted by Crippen LogP contribution is 2.55. The van der Waals surface area contributed by atoms with Crippen molar-refractivity contribution in [2.45, 2.75) is 29.4 Å². The van der Waals surface area contributed by atoms with Crippen molar-refractivity contribution in [1.29, 1.82) is 0 Å². The molecule has 0 radical (unpaired) electrons. The Morgan fingerprint density at radius 2 is 1.97 bits per heavy atom. The molecule has 0 saturated carbocycles. The minimum Gasteiger partial charge on any atom is -0.486 e. The first-order chi connectivity index (χ1) is 14.3.